The molecule has 1 N–H and O–H groups in total. The average Bonchev–Trinajstić information content (AvgIpc) is 2.38. The number of hydrogen-bond acceptors (Lipinski definition) is 2. The fourth-order valence-electron chi connectivity index (χ4n) is 1.77. The first-order valence-electron chi connectivity index (χ1n) is 6.02. The molecule has 0 aliphatic rings. The maximum absolute atomic E-state index is 13.6. The molecule has 0 aliphatic carbocycles. The van der Waals surface area contributed by atoms with Crippen molar-refractivity contribution in [3.63, 3.8) is 0 Å². The van der Waals surface area contributed by atoms with E-state index in [1.54, 1.807) is 12.1 Å². The standard InChI is InChI=1S/C15H16ClFN2/c1-19(2)12-8-6-11(7-9-12)18-10-13-14(16)4-3-5-15(13)17/h3-9,18H,10H2,1-2H3. The molecule has 100 valence electrons. The summed E-state index contributed by atoms with van der Waals surface area (Å²) in [6.45, 7) is 0.368. The van der Waals surface area contributed by atoms with Crippen LogP contribution in [-0.2, 0) is 6.54 Å². The predicted octanol–water partition coefficient (Wildman–Crippen LogP) is 4.16. The molecular formula is C15H16ClFN2. The van der Waals surface area contributed by atoms with E-state index in [-0.39, 0.29) is 5.82 Å². The smallest absolute Gasteiger partial charge is 0.129 e. The van der Waals surface area contributed by atoms with Crippen LogP contribution in [0.25, 0.3) is 0 Å². The number of rotatable bonds is 4. The lowest BCUT2D eigenvalue weighted by atomic mass is 10.2. The zero-order chi connectivity index (χ0) is 13.8. The summed E-state index contributed by atoms with van der Waals surface area (Å²) in [6, 6.07) is 12.6. The molecule has 2 nitrogen and oxygen atoms in total. The van der Waals surface area contributed by atoms with Gasteiger partial charge in [-0.15, -0.1) is 0 Å². The first-order valence-corrected chi connectivity index (χ1v) is 6.40. The summed E-state index contributed by atoms with van der Waals surface area (Å²) >= 11 is 5.98. The maximum atomic E-state index is 13.6. The molecule has 0 aliphatic heterocycles. The predicted molar refractivity (Wildman–Crippen MR) is 79.5 cm³/mol. The average molecular weight is 279 g/mol. The molecule has 0 atom stereocenters. The Labute approximate surface area is 117 Å². The fourth-order valence-corrected chi connectivity index (χ4v) is 2.00. The minimum Gasteiger partial charge on any atom is -0.381 e. The van der Waals surface area contributed by atoms with Gasteiger partial charge in [0, 0.05) is 42.6 Å². The van der Waals surface area contributed by atoms with E-state index in [0.717, 1.165) is 11.4 Å². The topological polar surface area (TPSA) is 15.3 Å². The van der Waals surface area contributed by atoms with Crippen LogP contribution in [0, 0.1) is 5.82 Å². The van der Waals surface area contributed by atoms with E-state index in [1.165, 1.54) is 6.07 Å². The summed E-state index contributed by atoms with van der Waals surface area (Å²) in [7, 11) is 3.98. The molecule has 0 amide bonds. The molecular weight excluding hydrogens is 263 g/mol. The summed E-state index contributed by atoms with van der Waals surface area (Å²) < 4.78 is 13.6. The first-order chi connectivity index (χ1) is 9.08. The molecule has 0 saturated heterocycles. The molecule has 2 aromatic rings. The van der Waals surface area contributed by atoms with Gasteiger partial charge in [0.05, 0.1) is 0 Å². The Bertz CT molecular complexity index is 532. The zero-order valence-electron chi connectivity index (χ0n) is 11.0. The fraction of sp³-hybridized carbons (Fsp3) is 0.200. The van der Waals surface area contributed by atoms with E-state index in [9.17, 15) is 4.39 Å². The summed E-state index contributed by atoms with van der Waals surface area (Å²) in [5.41, 5.74) is 2.54. The van der Waals surface area contributed by atoms with Crippen molar-refractivity contribution >= 4 is 23.0 Å². The molecule has 0 heterocycles. The minimum atomic E-state index is -0.287. The number of hydrogen-bond donors (Lipinski definition) is 1. The van der Waals surface area contributed by atoms with E-state index in [4.69, 9.17) is 11.6 Å². The van der Waals surface area contributed by atoms with Crippen LogP contribution in [0.3, 0.4) is 0 Å². The molecule has 0 spiro atoms. The molecule has 2 rings (SSSR count). The van der Waals surface area contributed by atoms with Gasteiger partial charge < -0.3 is 10.2 Å². The lowest BCUT2D eigenvalue weighted by Crippen LogP contribution is -2.08. The normalized spacial score (nSPS) is 10.3. The number of anilines is 2. The second kappa shape index (κ2) is 5.93. The van der Waals surface area contributed by atoms with Crippen molar-refractivity contribution in [3.05, 3.63) is 58.9 Å². The van der Waals surface area contributed by atoms with Gasteiger partial charge in [-0.1, -0.05) is 17.7 Å². The van der Waals surface area contributed by atoms with E-state index in [2.05, 4.69) is 5.32 Å². The van der Waals surface area contributed by atoms with Crippen molar-refractivity contribution in [1.82, 2.24) is 0 Å². The Hall–Kier alpha value is -1.74. The number of nitrogens with one attached hydrogen (secondary N) is 1. The van der Waals surface area contributed by atoms with Crippen molar-refractivity contribution in [1.29, 1.82) is 0 Å². The highest BCUT2D eigenvalue weighted by atomic mass is 35.5. The Balaban J connectivity index is 2.06. The molecule has 0 unspecified atom stereocenters. The van der Waals surface area contributed by atoms with Crippen molar-refractivity contribution in [2.45, 2.75) is 6.54 Å². The van der Waals surface area contributed by atoms with Crippen molar-refractivity contribution in [2.24, 2.45) is 0 Å². The van der Waals surface area contributed by atoms with Gasteiger partial charge in [0.2, 0.25) is 0 Å². The molecule has 0 radical (unpaired) electrons. The molecule has 2 aromatic carbocycles. The Kier molecular flexibility index (Phi) is 4.27. The summed E-state index contributed by atoms with van der Waals surface area (Å²) in [5, 5.41) is 3.61. The van der Waals surface area contributed by atoms with Gasteiger partial charge in [-0.2, -0.15) is 0 Å². The van der Waals surface area contributed by atoms with Crippen molar-refractivity contribution in [2.75, 3.05) is 24.3 Å². The van der Waals surface area contributed by atoms with E-state index < -0.39 is 0 Å². The number of nitrogens with zero attached hydrogens (tertiary/aromatic N) is 1. The highest BCUT2D eigenvalue weighted by molar-refractivity contribution is 6.31. The van der Waals surface area contributed by atoms with Crippen LogP contribution in [0.4, 0.5) is 15.8 Å². The van der Waals surface area contributed by atoms with Crippen molar-refractivity contribution < 1.29 is 4.39 Å². The van der Waals surface area contributed by atoms with E-state index in [1.807, 2.05) is 43.3 Å². The van der Waals surface area contributed by atoms with Crippen LogP contribution in [0.1, 0.15) is 5.56 Å². The second-order valence-electron chi connectivity index (χ2n) is 4.50. The molecule has 4 heteroatoms. The summed E-state index contributed by atoms with van der Waals surface area (Å²) in [6.07, 6.45) is 0. The second-order valence-corrected chi connectivity index (χ2v) is 4.90. The number of halogens is 2. The molecule has 0 bridgehead atoms. The van der Waals surface area contributed by atoms with E-state index >= 15 is 0 Å². The van der Waals surface area contributed by atoms with Crippen LogP contribution < -0.4 is 10.2 Å². The molecule has 0 saturated carbocycles. The third-order valence-electron chi connectivity index (χ3n) is 2.91. The van der Waals surface area contributed by atoms with Crippen LogP contribution in [0.15, 0.2) is 42.5 Å². The Morgan fingerprint density at radius 2 is 1.79 bits per heavy atom. The van der Waals surface area contributed by atoms with E-state index in [0.29, 0.717) is 17.1 Å². The summed E-state index contributed by atoms with van der Waals surface area (Å²) in [5.74, 6) is -0.287. The van der Waals surface area contributed by atoms with Gasteiger partial charge in [-0.25, -0.2) is 4.39 Å². The van der Waals surface area contributed by atoms with Gasteiger partial charge in [0.1, 0.15) is 5.82 Å². The minimum absolute atomic E-state index is 0.287. The van der Waals surface area contributed by atoms with Crippen LogP contribution in [0.2, 0.25) is 5.02 Å². The van der Waals surface area contributed by atoms with Crippen LogP contribution >= 0.6 is 11.6 Å². The maximum Gasteiger partial charge on any atom is 0.129 e. The lowest BCUT2D eigenvalue weighted by Gasteiger charge is -2.14. The first kappa shape index (κ1) is 13.7. The largest absolute Gasteiger partial charge is 0.381 e. The highest BCUT2D eigenvalue weighted by Crippen LogP contribution is 2.21. The third kappa shape index (κ3) is 3.38. The number of benzene rings is 2. The third-order valence-corrected chi connectivity index (χ3v) is 3.27. The summed E-state index contributed by atoms with van der Waals surface area (Å²) in [4.78, 5) is 2.03. The Morgan fingerprint density at radius 1 is 1.11 bits per heavy atom. The zero-order valence-corrected chi connectivity index (χ0v) is 11.7. The molecule has 19 heavy (non-hydrogen) atoms. The molecule has 0 aromatic heterocycles. The van der Waals surface area contributed by atoms with Crippen LogP contribution in [-0.4, -0.2) is 14.1 Å². The van der Waals surface area contributed by atoms with Gasteiger partial charge in [-0.05, 0) is 36.4 Å². The van der Waals surface area contributed by atoms with Gasteiger partial charge in [-0.3, -0.25) is 0 Å². The van der Waals surface area contributed by atoms with Gasteiger partial charge >= 0.3 is 0 Å². The van der Waals surface area contributed by atoms with Crippen molar-refractivity contribution in [3.8, 4) is 0 Å². The van der Waals surface area contributed by atoms with Gasteiger partial charge in [0.25, 0.3) is 0 Å². The highest BCUT2D eigenvalue weighted by Gasteiger charge is 2.06. The van der Waals surface area contributed by atoms with Gasteiger partial charge in [0.15, 0.2) is 0 Å². The quantitative estimate of drug-likeness (QED) is 0.903. The van der Waals surface area contributed by atoms with Crippen LogP contribution in [0.5, 0.6) is 0 Å². The molecule has 0 fully saturated rings. The SMILES string of the molecule is CN(C)c1ccc(NCc2c(F)cccc2Cl)cc1. The lowest BCUT2D eigenvalue weighted by molar-refractivity contribution is 0.613. The Morgan fingerprint density at radius 3 is 2.37 bits per heavy atom. The monoisotopic (exact) mass is 278 g/mol.